The third-order valence-electron chi connectivity index (χ3n) is 4.03. The summed E-state index contributed by atoms with van der Waals surface area (Å²) < 4.78 is 0. The van der Waals surface area contributed by atoms with Crippen LogP contribution >= 0.6 is 23.1 Å². The number of hydrogen-bond acceptors (Lipinski definition) is 5. The Labute approximate surface area is 145 Å². The van der Waals surface area contributed by atoms with Crippen molar-refractivity contribution in [1.82, 2.24) is 9.88 Å². The maximum absolute atomic E-state index is 11.1. The van der Waals surface area contributed by atoms with Gasteiger partial charge in [0, 0.05) is 47.1 Å². The quantitative estimate of drug-likeness (QED) is 0.902. The van der Waals surface area contributed by atoms with E-state index in [1.54, 1.807) is 23.5 Å². The summed E-state index contributed by atoms with van der Waals surface area (Å²) in [6.07, 6.45) is 1.23. The molecular formula is C17H21N3OS2. The van der Waals surface area contributed by atoms with E-state index in [0.29, 0.717) is 5.56 Å². The van der Waals surface area contributed by atoms with Crippen LogP contribution in [0.25, 0.3) is 10.6 Å². The van der Waals surface area contributed by atoms with Crippen molar-refractivity contribution in [3.05, 3.63) is 40.9 Å². The van der Waals surface area contributed by atoms with Gasteiger partial charge in [-0.25, -0.2) is 4.98 Å². The number of thioether (sulfide) groups is 1. The van der Waals surface area contributed by atoms with Gasteiger partial charge in [0.2, 0.25) is 5.91 Å². The average molecular weight is 348 g/mol. The van der Waals surface area contributed by atoms with E-state index in [4.69, 9.17) is 10.7 Å². The number of amides is 1. The largest absolute Gasteiger partial charge is 0.366 e. The second kappa shape index (κ2) is 7.47. The van der Waals surface area contributed by atoms with Gasteiger partial charge in [-0.1, -0.05) is 19.1 Å². The molecule has 1 aromatic heterocycles. The highest BCUT2D eigenvalue weighted by Crippen LogP contribution is 2.26. The van der Waals surface area contributed by atoms with Crippen LogP contribution in [-0.2, 0) is 6.54 Å². The fourth-order valence-electron chi connectivity index (χ4n) is 2.69. The van der Waals surface area contributed by atoms with Gasteiger partial charge in [-0.2, -0.15) is 11.8 Å². The Morgan fingerprint density at radius 2 is 2.17 bits per heavy atom. The molecule has 0 aliphatic carbocycles. The predicted molar refractivity (Wildman–Crippen MR) is 97.9 cm³/mol. The monoisotopic (exact) mass is 347 g/mol. The van der Waals surface area contributed by atoms with Crippen molar-refractivity contribution in [2.24, 2.45) is 5.73 Å². The number of benzene rings is 1. The van der Waals surface area contributed by atoms with Crippen molar-refractivity contribution < 1.29 is 4.79 Å². The normalized spacial score (nSPS) is 18.9. The number of primary amides is 1. The third-order valence-corrected chi connectivity index (χ3v) is 6.34. The van der Waals surface area contributed by atoms with Crippen LogP contribution in [0.4, 0.5) is 0 Å². The van der Waals surface area contributed by atoms with Gasteiger partial charge in [0.1, 0.15) is 5.01 Å². The van der Waals surface area contributed by atoms with Gasteiger partial charge >= 0.3 is 0 Å². The van der Waals surface area contributed by atoms with Crippen molar-refractivity contribution in [2.75, 3.05) is 18.8 Å². The average Bonchev–Trinajstić information content (AvgIpc) is 3.03. The first kappa shape index (κ1) is 16.5. The molecule has 1 atom stereocenters. The van der Waals surface area contributed by atoms with E-state index < -0.39 is 5.91 Å². The molecule has 1 aliphatic rings. The van der Waals surface area contributed by atoms with Crippen LogP contribution in [0.5, 0.6) is 0 Å². The zero-order valence-corrected chi connectivity index (χ0v) is 14.8. The first-order valence-corrected chi connectivity index (χ1v) is 9.77. The lowest BCUT2D eigenvalue weighted by atomic mass is 10.1. The summed E-state index contributed by atoms with van der Waals surface area (Å²) in [5, 5.41) is 3.89. The van der Waals surface area contributed by atoms with Gasteiger partial charge < -0.3 is 5.73 Å². The topological polar surface area (TPSA) is 59.2 Å². The van der Waals surface area contributed by atoms with E-state index in [2.05, 4.69) is 29.0 Å². The molecule has 4 nitrogen and oxygen atoms in total. The molecule has 0 unspecified atom stereocenters. The van der Waals surface area contributed by atoms with Crippen molar-refractivity contribution in [3.63, 3.8) is 0 Å². The fraction of sp³-hybridized carbons (Fsp3) is 0.412. The Kier molecular flexibility index (Phi) is 5.35. The predicted octanol–water partition coefficient (Wildman–Crippen LogP) is 3.24. The van der Waals surface area contributed by atoms with Crippen molar-refractivity contribution in [1.29, 1.82) is 0 Å². The maximum atomic E-state index is 11.1. The molecular weight excluding hydrogens is 326 g/mol. The molecule has 1 fully saturated rings. The van der Waals surface area contributed by atoms with Gasteiger partial charge in [-0.05, 0) is 18.6 Å². The summed E-state index contributed by atoms with van der Waals surface area (Å²) in [6.45, 7) is 5.48. The second-order valence-corrected chi connectivity index (χ2v) is 7.99. The van der Waals surface area contributed by atoms with E-state index in [0.717, 1.165) is 41.1 Å². The molecule has 1 saturated heterocycles. The number of carbonyl (C=O) groups is 1. The van der Waals surface area contributed by atoms with Crippen LogP contribution in [0.2, 0.25) is 0 Å². The van der Waals surface area contributed by atoms with Crippen LogP contribution in [0, 0.1) is 0 Å². The van der Waals surface area contributed by atoms with Gasteiger partial charge in [-0.3, -0.25) is 9.69 Å². The smallest absolute Gasteiger partial charge is 0.248 e. The molecule has 23 heavy (non-hydrogen) atoms. The number of carbonyl (C=O) groups excluding carboxylic acids is 1. The van der Waals surface area contributed by atoms with Crippen molar-refractivity contribution in [3.8, 4) is 10.6 Å². The van der Waals surface area contributed by atoms with Gasteiger partial charge in [0.25, 0.3) is 0 Å². The SMILES string of the molecule is CC[C@H]1CN(Cc2csc(-c3ccc(C(N)=O)cc3)n2)CCS1. The van der Waals surface area contributed by atoms with Gasteiger partial charge in [0.15, 0.2) is 0 Å². The molecule has 0 radical (unpaired) electrons. The molecule has 0 bridgehead atoms. The van der Waals surface area contributed by atoms with Gasteiger partial charge in [0.05, 0.1) is 5.69 Å². The Bertz CT molecular complexity index is 669. The number of aromatic nitrogens is 1. The minimum absolute atomic E-state index is 0.398. The zero-order chi connectivity index (χ0) is 16.2. The molecule has 3 rings (SSSR count). The molecule has 122 valence electrons. The summed E-state index contributed by atoms with van der Waals surface area (Å²) in [4.78, 5) is 18.4. The summed E-state index contributed by atoms with van der Waals surface area (Å²) in [7, 11) is 0. The number of hydrogen-bond donors (Lipinski definition) is 1. The van der Waals surface area contributed by atoms with E-state index in [-0.39, 0.29) is 0 Å². The molecule has 0 saturated carbocycles. The molecule has 0 spiro atoms. The number of nitrogens with zero attached hydrogens (tertiary/aromatic N) is 2. The number of nitrogens with two attached hydrogens (primary N) is 1. The lowest BCUT2D eigenvalue weighted by Crippen LogP contribution is -2.37. The first-order valence-electron chi connectivity index (χ1n) is 7.84. The second-order valence-electron chi connectivity index (χ2n) is 5.72. The Morgan fingerprint density at radius 3 is 2.87 bits per heavy atom. The lowest BCUT2D eigenvalue weighted by molar-refractivity contribution is 0.100. The van der Waals surface area contributed by atoms with Crippen LogP contribution in [-0.4, -0.2) is 39.9 Å². The summed E-state index contributed by atoms with van der Waals surface area (Å²) in [5.74, 6) is 0.814. The molecule has 2 aromatic rings. The summed E-state index contributed by atoms with van der Waals surface area (Å²) in [6, 6.07) is 7.33. The van der Waals surface area contributed by atoms with Crippen molar-refractivity contribution in [2.45, 2.75) is 25.1 Å². The highest BCUT2D eigenvalue weighted by molar-refractivity contribution is 8.00. The Hall–Kier alpha value is -1.37. The van der Waals surface area contributed by atoms with E-state index in [1.807, 2.05) is 12.1 Å². The van der Waals surface area contributed by atoms with Crippen LogP contribution < -0.4 is 5.73 Å². The highest BCUT2D eigenvalue weighted by atomic mass is 32.2. The van der Waals surface area contributed by atoms with Crippen LogP contribution in [0.3, 0.4) is 0 Å². The molecule has 2 heterocycles. The van der Waals surface area contributed by atoms with Crippen LogP contribution in [0.15, 0.2) is 29.6 Å². The standard InChI is InChI=1S/C17H21N3OS2/c1-2-15-10-20(7-8-22-15)9-14-11-23-17(19-14)13-5-3-12(4-6-13)16(18)21/h3-6,11,15H,2,7-10H2,1H3,(H2,18,21)/t15-/m0/s1. The molecule has 1 amide bonds. The third kappa shape index (κ3) is 4.13. The van der Waals surface area contributed by atoms with Gasteiger partial charge in [-0.15, -0.1) is 11.3 Å². The minimum Gasteiger partial charge on any atom is -0.366 e. The number of rotatable bonds is 5. The summed E-state index contributed by atoms with van der Waals surface area (Å²) in [5.41, 5.74) is 7.97. The summed E-state index contributed by atoms with van der Waals surface area (Å²) >= 11 is 3.74. The lowest BCUT2D eigenvalue weighted by Gasteiger charge is -2.31. The van der Waals surface area contributed by atoms with Crippen molar-refractivity contribution >= 4 is 29.0 Å². The molecule has 1 aliphatic heterocycles. The Balaban J connectivity index is 1.66. The highest BCUT2D eigenvalue weighted by Gasteiger charge is 2.19. The van der Waals surface area contributed by atoms with E-state index in [1.165, 1.54) is 12.2 Å². The molecule has 1 aromatic carbocycles. The fourth-order valence-corrected chi connectivity index (χ4v) is 4.76. The first-order chi connectivity index (χ1) is 11.2. The molecule has 2 N–H and O–H groups in total. The zero-order valence-electron chi connectivity index (χ0n) is 13.2. The van der Waals surface area contributed by atoms with E-state index >= 15 is 0 Å². The van der Waals surface area contributed by atoms with Crippen LogP contribution in [0.1, 0.15) is 29.4 Å². The maximum Gasteiger partial charge on any atom is 0.248 e. The molecule has 6 heteroatoms. The minimum atomic E-state index is -0.398. The Morgan fingerprint density at radius 1 is 1.39 bits per heavy atom. The number of thiazole rings is 1. The van der Waals surface area contributed by atoms with E-state index in [9.17, 15) is 4.79 Å².